The molecule has 1 aliphatic carbocycles. The summed E-state index contributed by atoms with van der Waals surface area (Å²) < 4.78 is 3.82. The maximum atomic E-state index is 5.53. The van der Waals surface area contributed by atoms with Gasteiger partial charge >= 0.3 is 0 Å². The first kappa shape index (κ1) is 11.3. The van der Waals surface area contributed by atoms with E-state index in [0.717, 1.165) is 5.69 Å². The fourth-order valence-corrected chi connectivity index (χ4v) is 2.57. The molecule has 0 amide bonds. The lowest BCUT2D eigenvalue weighted by Gasteiger charge is -2.21. The molecule has 0 radical (unpaired) electrons. The largest absolute Gasteiger partial charge is 0.381 e. The first-order valence-corrected chi connectivity index (χ1v) is 6.51. The zero-order chi connectivity index (χ0) is 12.4. The third-order valence-electron chi connectivity index (χ3n) is 3.49. The summed E-state index contributed by atoms with van der Waals surface area (Å²) in [7, 11) is 0. The molecule has 2 N–H and O–H groups in total. The van der Waals surface area contributed by atoms with Gasteiger partial charge in [-0.2, -0.15) is 5.10 Å². The van der Waals surface area contributed by atoms with Crippen LogP contribution < -0.4 is 5.73 Å². The van der Waals surface area contributed by atoms with Gasteiger partial charge in [0.1, 0.15) is 0 Å². The second kappa shape index (κ2) is 4.80. The fourth-order valence-electron chi connectivity index (χ4n) is 2.57. The Morgan fingerprint density at radius 2 is 2.11 bits per heavy atom. The van der Waals surface area contributed by atoms with Crippen LogP contribution in [0, 0.1) is 0 Å². The molecule has 18 heavy (non-hydrogen) atoms. The van der Waals surface area contributed by atoms with Gasteiger partial charge in [0.25, 0.3) is 0 Å². The topological polar surface area (TPSA) is 74.5 Å². The summed E-state index contributed by atoms with van der Waals surface area (Å²) in [5.41, 5.74) is 6.54. The van der Waals surface area contributed by atoms with Crippen molar-refractivity contribution < 1.29 is 0 Å². The Balaban J connectivity index is 1.69. The quantitative estimate of drug-likeness (QED) is 0.892. The Labute approximate surface area is 106 Å². The van der Waals surface area contributed by atoms with Crippen molar-refractivity contribution in [2.24, 2.45) is 0 Å². The second-order valence-electron chi connectivity index (χ2n) is 4.92. The molecule has 1 fully saturated rings. The van der Waals surface area contributed by atoms with E-state index in [1.54, 1.807) is 10.9 Å². The third kappa shape index (κ3) is 2.37. The van der Waals surface area contributed by atoms with Crippen LogP contribution in [0.15, 0.2) is 18.5 Å². The van der Waals surface area contributed by atoms with Crippen molar-refractivity contribution >= 4 is 5.82 Å². The summed E-state index contributed by atoms with van der Waals surface area (Å²) in [6.45, 7) is 0.629. The van der Waals surface area contributed by atoms with Crippen LogP contribution in [0.25, 0.3) is 0 Å². The lowest BCUT2D eigenvalue weighted by Crippen LogP contribution is -2.13. The molecule has 96 valence electrons. The van der Waals surface area contributed by atoms with Crippen LogP contribution in [0.4, 0.5) is 5.82 Å². The van der Waals surface area contributed by atoms with Crippen molar-refractivity contribution in [3.63, 3.8) is 0 Å². The highest BCUT2D eigenvalue weighted by molar-refractivity contribution is 5.20. The van der Waals surface area contributed by atoms with Crippen LogP contribution in [0.3, 0.4) is 0 Å². The van der Waals surface area contributed by atoms with Crippen LogP contribution in [-0.2, 0) is 6.54 Å². The summed E-state index contributed by atoms with van der Waals surface area (Å²) >= 11 is 0. The van der Waals surface area contributed by atoms with Gasteiger partial charge in [-0.25, -0.2) is 4.68 Å². The van der Waals surface area contributed by atoms with Gasteiger partial charge in [0.15, 0.2) is 5.82 Å². The molecule has 0 bridgehead atoms. The highest BCUT2D eigenvalue weighted by Crippen LogP contribution is 2.27. The monoisotopic (exact) mass is 246 g/mol. The Morgan fingerprint density at radius 1 is 1.28 bits per heavy atom. The fraction of sp³-hybridized carbons (Fsp3) is 0.583. The van der Waals surface area contributed by atoms with E-state index in [2.05, 4.69) is 26.3 Å². The molecule has 6 heteroatoms. The Hall–Kier alpha value is -1.85. The normalized spacial score (nSPS) is 17.1. The van der Waals surface area contributed by atoms with Crippen LogP contribution in [0.1, 0.15) is 43.8 Å². The van der Waals surface area contributed by atoms with E-state index in [0.29, 0.717) is 18.4 Å². The van der Waals surface area contributed by atoms with E-state index in [1.165, 1.54) is 32.1 Å². The third-order valence-corrected chi connectivity index (χ3v) is 3.49. The van der Waals surface area contributed by atoms with Gasteiger partial charge < -0.3 is 5.73 Å². The van der Waals surface area contributed by atoms with E-state index in [4.69, 9.17) is 5.73 Å². The highest BCUT2D eigenvalue weighted by atomic mass is 15.4. The van der Waals surface area contributed by atoms with E-state index < -0.39 is 0 Å². The minimum absolute atomic E-state index is 0.446. The SMILES string of the molecule is Nc1cn(Cc2ccn(C3CCCCC3)n2)nn1. The molecule has 2 heterocycles. The zero-order valence-electron chi connectivity index (χ0n) is 10.4. The molecular formula is C12H18N6. The number of hydrogen-bond donors (Lipinski definition) is 1. The number of nitrogen functional groups attached to an aromatic ring is 1. The van der Waals surface area contributed by atoms with Crippen molar-refractivity contribution in [2.45, 2.75) is 44.7 Å². The molecule has 0 aliphatic heterocycles. The second-order valence-corrected chi connectivity index (χ2v) is 4.92. The van der Waals surface area contributed by atoms with Gasteiger partial charge in [0.05, 0.1) is 24.5 Å². The van der Waals surface area contributed by atoms with Crippen LogP contribution in [0.2, 0.25) is 0 Å². The zero-order valence-corrected chi connectivity index (χ0v) is 10.4. The first-order valence-electron chi connectivity index (χ1n) is 6.51. The van der Waals surface area contributed by atoms with Crippen molar-refractivity contribution in [3.8, 4) is 0 Å². The Morgan fingerprint density at radius 3 is 2.83 bits per heavy atom. The smallest absolute Gasteiger partial charge is 0.165 e. The first-order chi connectivity index (χ1) is 8.81. The summed E-state index contributed by atoms with van der Waals surface area (Å²) in [4.78, 5) is 0. The highest BCUT2D eigenvalue weighted by Gasteiger charge is 2.16. The van der Waals surface area contributed by atoms with Gasteiger partial charge in [-0.1, -0.05) is 24.5 Å². The summed E-state index contributed by atoms with van der Waals surface area (Å²) in [6.07, 6.45) is 10.3. The standard InChI is InChI=1S/C12H18N6/c13-12-9-17(16-14-12)8-10-6-7-18(15-10)11-4-2-1-3-5-11/h6-7,9,11H,1-5,8,13H2. The number of anilines is 1. The van der Waals surface area contributed by atoms with E-state index in [1.807, 2.05) is 6.07 Å². The van der Waals surface area contributed by atoms with E-state index in [-0.39, 0.29) is 0 Å². The van der Waals surface area contributed by atoms with Gasteiger partial charge in [-0.05, 0) is 18.9 Å². The molecule has 2 aromatic rings. The molecule has 6 nitrogen and oxygen atoms in total. The van der Waals surface area contributed by atoms with Gasteiger partial charge in [-0.3, -0.25) is 4.68 Å². The van der Waals surface area contributed by atoms with Crippen molar-refractivity contribution in [1.29, 1.82) is 0 Å². The summed E-state index contributed by atoms with van der Waals surface area (Å²) in [5, 5.41) is 12.3. The number of nitrogens with two attached hydrogens (primary N) is 1. The van der Waals surface area contributed by atoms with E-state index >= 15 is 0 Å². The molecule has 2 aromatic heterocycles. The van der Waals surface area contributed by atoms with Crippen LogP contribution in [-0.4, -0.2) is 24.8 Å². The maximum absolute atomic E-state index is 5.53. The molecule has 0 atom stereocenters. The minimum Gasteiger partial charge on any atom is -0.381 e. The molecule has 0 saturated heterocycles. The molecule has 1 aliphatic rings. The molecule has 0 unspecified atom stereocenters. The number of hydrogen-bond acceptors (Lipinski definition) is 4. The van der Waals surface area contributed by atoms with Gasteiger partial charge in [0.2, 0.25) is 0 Å². The van der Waals surface area contributed by atoms with Gasteiger partial charge in [0, 0.05) is 6.20 Å². The molecular weight excluding hydrogens is 228 g/mol. The van der Waals surface area contributed by atoms with Crippen LogP contribution >= 0.6 is 0 Å². The van der Waals surface area contributed by atoms with Crippen molar-refractivity contribution in [2.75, 3.05) is 5.73 Å². The van der Waals surface area contributed by atoms with Crippen LogP contribution in [0.5, 0.6) is 0 Å². The van der Waals surface area contributed by atoms with Crippen molar-refractivity contribution in [3.05, 3.63) is 24.2 Å². The lowest BCUT2D eigenvalue weighted by atomic mass is 9.96. The summed E-state index contributed by atoms with van der Waals surface area (Å²) in [5.74, 6) is 0.446. The average Bonchev–Trinajstić information content (AvgIpc) is 3.01. The lowest BCUT2D eigenvalue weighted by molar-refractivity contribution is 0.327. The Bertz CT molecular complexity index is 508. The van der Waals surface area contributed by atoms with Gasteiger partial charge in [-0.15, -0.1) is 5.10 Å². The predicted octanol–water partition coefficient (Wildman–Crippen LogP) is 1.61. The molecule has 0 aromatic carbocycles. The molecule has 1 saturated carbocycles. The number of rotatable bonds is 3. The summed E-state index contributed by atoms with van der Waals surface area (Å²) in [6, 6.07) is 2.63. The average molecular weight is 246 g/mol. The minimum atomic E-state index is 0.446. The number of nitrogens with zero attached hydrogens (tertiary/aromatic N) is 5. The molecule has 0 spiro atoms. The Kier molecular flexibility index (Phi) is 3.00. The molecule has 3 rings (SSSR count). The maximum Gasteiger partial charge on any atom is 0.165 e. The van der Waals surface area contributed by atoms with Crippen molar-refractivity contribution in [1.82, 2.24) is 24.8 Å². The predicted molar refractivity (Wildman–Crippen MR) is 67.9 cm³/mol. The number of aromatic nitrogens is 5. The van der Waals surface area contributed by atoms with E-state index in [9.17, 15) is 0 Å².